The highest BCUT2D eigenvalue weighted by Crippen LogP contribution is 2.32. The molecule has 0 amide bonds. The molecule has 1 atom stereocenters. The third-order valence-electron chi connectivity index (χ3n) is 7.96. The third kappa shape index (κ3) is 6.88. The van der Waals surface area contributed by atoms with Gasteiger partial charge in [0, 0.05) is 32.7 Å². The lowest BCUT2D eigenvalue weighted by Gasteiger charge is -2.40. The minimum atomic E-state index is -0.379. The van der Waals surface area contributed by atoms with Crippen LogP contribution in [0, 0.1) is 11.8 Å². The quantitative estimate of drug-likeness (QED) is 0.268. The van der Waals surface area contributed by atoms with Crippen LogP contribution >= 0.6 is 0 Å². The maximum atomic E-state index is 12.5. The van der Waals surface area contributed by atoms with Crippen LogP contribution in [0.15, 0.2) is 126 Å². The van der Waals surface area contributed by atoms with Crippen molar-refractivity contribution in [3.05, 3.63) is 143 Å². The summed E-state index contributed by atoms with van der Waals surface area (Å²) < 4.78 is 6.32. The van der Waals surface area contributed by atoms with E-state index in [9.17, 15) is 4.79 Å². The Kier molecular flexibility index (Phi) is 9.43. The van der Waals surface area contributed by atoms with Gasteiger partial charge < -0.3 is 9.53 Å². The second kappa shape index (κ2) is 13.6. The number of nitrogens with zero attached hydrogens (tertiary/aromatic N) is 2. The van der Waals surface area contributed by atoms with Crippen molar-refractivity contribution in [2.45, 2.75) is 26.5 Å². The van der Waals surface area contributed by atoms with Crippen molar-refractivity contribution in [3.63, 3.8) is 0 Å². The van der Waals surface area contributed by atoms with E-state index in [4.69, 9.17) is 4.74 Å². The van der Waals surface area contributed by atoms with Crippen LogP contribution in [-0.4, -0.2) is 48.8 Å². The van der Waals surface area contributed by atoms with E-state index < -0.39 is 0 Å². The fraction of sp³-hybridized carbons (Fsp3) is 0.306. The van der Waals surface area contributed by atoms with Gasteiger partial charge in [-0.05, 0) is 39.8 Å². The first-order chi connectivity index (χ1) is 19.6. The monoisotopic (exact) mass is 532 g/mol. The zero-order valence-electron chi connectivity index (χ0n) is 23.7. The Bertz CT molecular complexity index is 1280. The number of hydrogen-bond acceptors (Lipinski definition) is 4. The molecule has 0 N–H and O–H groups in total. The second-order valence-corrected chi connectivity index (χ2v) is 11.0. The van der Waals surface area contributed by atoms with E-state index in [1.165, 1.54) is 16.7 Å². The summed E-state index contributed by atoms with van der Waals surface area (Å²) in [6.45, 7) is 9.40. The highest BCUT2D eigenvalue weighted by Gasteiger charge is 2.29. The normalized spacial score (nSPS) is 18.6. The van der Waals surface area contributed by atoms with Gasteiger partial charge in [-0.3, -0.25) is 9.80 Å². The molecular weight excluding hydrogens is 492 g/mol. The van der Waals surface area contributed by atoms with Crippen molar-refractivity contribution >= 4 is 6.29 Å². The lowest BCUT2D eigenvalue weighted by atomic mass is 9.95. The van der Waals surface area contributed by atoms with E-state index in [1.54, 1.807) is 0 Å². The molecule has 0 radical (unpaired) electrons. The lowest BCUT2D eigenvalue weighted by molar-refractivity contribution is -0.110. The zero-order chi connectivity index (χ0) is 27.7. The molecule has 1 fully saturated rings. The smallest absolute Gasteiger partial charge is 0.134 e. The molecule has 0 saturated carbocycles. The maximum Gasteiger partial charge on any atom is 0.134 e. The number of benzene rings is 3. The van der Waals surface area contributed by atoms with Gasteiger partial charge in [0.15, 0.2) is 0 Å². The molecule has 2 aliphatic rings. The summed E-state index contributed by atoms with van der Waals surface area (Å²) in [7, 11) is 0. The summed E-state index contributed by atoms with van der Waals surface area (Å²) in [4.78, 5) is 17.6. The van der Waals surface area contributed by atoms with Crippen molar-refractivity contribution in [1.29, 1.82) is 0 Å². The molecule has 1 aliphatic carbocycles. The Morgan fingerprint density at radius 2 is 1.38 bits per heavy atom. The second-order valence-electron chi connectivity index (χ2n) is 11.0. The number of carbonyl (C=O) groups is 1. The Hall–Kier alpha value is -3.73. The van der Waals surface area contributed by atoms with Crippen molar-refractivity contribution in [2.75, 3.05) is 32.7 Å². The van der Waals surface area contributed by atoms with E-state index in [1.807, 2.05) is 18.2 Å². The predicted molar refractivity (Wildman–Crippen MR) is 163 cm³/mol. The minimum Gasteiger partial charge on any atom is -0.492 e. The van der Waals surface area contributed by atoms with Crippen LogP contribution in [0.5, 0.6) is 0 Å². The van der Waals surface area contributed by atoms with E-state index in [0.29, 0.717) is 12.5 Å². The molecule has 3 aromatic carbocycles. The van der Waals surface area contributed by atoms with Gasteiger partial charge in [0.05, 0.1) is 12.0 Å². The van der Waals surface area contributed by atoms with Gasteiger partial charge in [0.1, 0.15) is 18.7 Å². The molecule has 4 nitrogen and oxygen atoms in total. The van der Waals surface area contributed by atoms with Crippen molar-refractivity contribution < 1.29 is 9.53 Å². The number of allylic oxidation sites excluding steroid dienone is 5. The average molecular weight is 533 g/mol. The first-order valence-corrected chi connectivity index (χ1v) is 14.4. The van der Waals surface area contributed by atoms with E-state index in [2.05, 4.69) is 115 Å². The molecule has 4 heteroatoms. The molecule has 5 rings (SSSR count). The SMILES string of the molecule is CC(C)C1=CC=C(CN2CCN(C(c3ccccc3)c3ccccc3)CC2)C(C=O)C(OCc2ccccc2)=C1. The van der Waals surface area contributed by atoms with Crippen LogP contribution in [-0.2, 0) is 16.1 Å². The minimum absolute atomic E-state index is 0.238. The van der Waals surface area contributed by atoms with E-state index in [0.717, 1.165) is 55.9 Å². The first-order valence-electron chi connectivity index (χ1n) is 14.4. The fourth-order valence-electron chi connectivity index (χ4n) is 5.65. The Morgan fingerprint density at radius 3 is 1.93 bits per heavy atom. The lowest BCUT2D eigenvalue weighted by Crippen LogP contribution is -2.48. The van der Waals surface area contributed by atoms with E-state index >= 15 is 0 Å². The number of aldehydes is 1. The molecule has 0 bridgehead atoms. The molecule has 40 heavy (non-hydrogen) atoms. The number of hydrogen-bond donors (Lipinski definition) is 0. The van der Waals surface area contributed by atoms with Gasteiger partial charge in [0.2, 0.25) is 0 Å². The Morgan fingerprint density at radius 1 is 0.800 bits per heavy atom. The van der Waals surface area contributed by atoms with Crippen molar-refractivity contribution in [1.82, 2.24) is 9.80 Å². The molecule has 1 saturated heterocycles. The van der Waals surface area contributed by atoms with Crippen molar-refractivity contribution in [2.24, 2.45) is 11.8 Å². The molecule has 206 valence electrons. The highest BCUT2D eigenvalue weighted by molar-refractivity contribution is 5.65. The topological polar surface area (TPSA) is 32.8 Å². The molecule has 1 heterocycles. The third-order valence-corrected chi connectivity index (χ3v) is 7.96. The summed E-state index contributed by atoms with van der Waals surface area (Å²) in [5.41, 5.74) is 6.03. The fourth-order valence-corrected chi connectivity index (χ4v) is 5.65. The van der Waals surface area contributed by atoms with Crippen LogP contribution in [0.25, 0.3) is 0 Å². The van der Waals surface area contributed by atoms with E-state index in [-0.39, 0.29) is 12.0 Å². The van der Waals surface area contributed by atoms with Crippen LogP contribution in [0.1, 0.15) is 36.6 Å². The molecule has 3 aromatic rings. The Balaban J connectivity index is 1.29. The maximum absolute atomic E-state index is 12.5. The largest absolute Gasteiger partial charge is 0.492 e. The first kappa shape index (κ1) is 27.8. The van der Waals surface area contributed by atoms with Gasteiger partial charge in [-0.15, -0.1) is 0 Å². The highest BCUT2D eigenvalue weighted by atomic mass is 16.5. The summed E-state index contributed by atoms with van der Waals surface area (Å²) in [6.07, 6.45) is 7.47. The molecular formula is C36H40N2O2. The van der Waals surface area contributed by atoms with Crippen LogP contribution < -0.4 is 0 Å². The van der Waals surface area contributed by atoms with Gasteiger partial charge in [0.25, 0.3) is 0 Å². The van der Waals surface area contributed by atoms with Gasteiger partial charge in [-0.2, -0.15) is 0 Å². The van der Waals surface area contributed by atoms with Crippen LogP contribution in [0.3, 0.4) is 0 Å². The number of ether oxygens (including phenoxy) is 1. The zero-order valence-corrected chi connectivity index (χ0v) is 23.7. The summed E-state index contributed by atoms with van der Waals surface area (Å²) >= 11 is 0. The number of piperazine rings is 1. The number of rotatable bonds is 10. The van der Waals surface area contributed by atoms with Gasteiger partial charge in [-0.25, -0.2) is 0 Å². The molecule has 1 aliphatic heterocycles. The van der Waals surface area contributed by atoms with Gasteiger partial charge >= 0.3 is 0 Å². The molecule has 1 unspecified atom stereocenters. The standard InChI is InChI=1S/C36H40N2O2/c1-28(2)32-18-19-33(34(26-39)35(24-32)40-27-29-12-6-3-7-13-29)25-37-20-22-38(23-21-37)36(30-14-8-4-9-15-30)31-16-10-5-11-17-31/h3-19,24,26,28,34,36H,20-23,25,27H2,1-2H3. The van der Waals surface area contributed by atoms with Crippen LogP contribution in [0.2, 0.25) is 0 Å². The predicted octanol–water partition coefficient (Wildman–Crippen LogP) is 6.83. The summed E-state index contributed by atoms with van der Waals surface area (Å²) in [5, 5.41) is 0. The Labute approximate surface area is 239 Å². The van der Waals surface area contributed by atoms with Crippen LogP contribution in [0.4, 0.5) is 0 Å². The summed E-state index contributed by atoms with van der Waals surface area (Å²) in [5.74, 6) is 0.708. The molecule has 0 spiro atoms. The summed E-state index contributed by atoms with van der Waals surface area (Å²) in [6, 6.07) is 32.0. The molecule has 0 aromatic heterocycles. The average Bonchev–Trinajstić information content (AvgIpc) is 3.18. The van der Waals surface area contributed by atoms with Crippen molar-refractivity contribution in [3.8, 4) is 0 Å². The van der Waals surface area contributed by atoms with Gasteiger partial charge in [-0.1, -0.05) is 117 Å². The number of carbonyl (C=O) groups excluding carboxylic acids is 1.